The maximum absolute atomic E-state index is 12.7. The highest BCUT2D eigenvalue weighted by atomic mass is 16.5. The van der Waals surface area contributed by atoms with E-state index in [1.165, 1.54) is 16.6 Å². The molecule has 0 N–H and O–H groups in total. The maximum Gasteiger partial charge on any atom is 0.260 e. The van der Waals surface area contributed by atoms with Crippen LogP contribution in [0.25, 0.3) is 11.0 Å². The molecule has 33 heavy (non-hydrogen) atoms. The molecule has 1 saturated heterocycles. The Hall–Kier alpha value is -3.60. The van der Waals surface area contributed by atoms with E-state index in [1.807, 2.05) is 48.2 Å². The molecule has 1 amide bonds. The SMILES string of the molecule is Cc1ccc(OCC(=O)N2CCC(n3c(Cc4ccccc4)nc4ccccc43)CC2)cc1. The molecule has 1 aliphatic heterocycles. The largest absolute Gasteiger partial charge is 0.484 e. The summed E-state index contributed by atoms with van der Waals surface area (Å²) in [5.74, 6) is 1.88. The van der Waals surface area contributed by atoms with E-state index < -0.39 is 0 Å². The summed E-state index contributed by atoms with van der Waals surface area (Å²) in [6.07, 6.45) is 2.63. The van der Waals surface area contributed by atoms with E-state index in [-0.39, 0.29) is 12.5 Å². The molecule has 1 aliphatic rings. The maximum atomic E-state index is 12.7. The van der Waals surface area contributed by atoms with Crippen molar-refractivity contribution in [3.8, 4) is 5.75 Å². The number of aromatic nitrogens is 2. The average molecular weight is 440 g/mol. The lowest BCUT2D eigenvalue weighted by atomic mass is 10.0. The third-order valence-corrected chi connectivity index (χ3v) is 6.44. The van der Waals surface area contributed by atoms with Crippen LogP contribution in [0.5, 0.6) is 5.75 Å². The van der Waals surface area contributed by atoms with E-state index in [0.717, 1.165) is 49.4 Å². The zero-order chi connectivity index (χ0) is 22.6. The number of hydrogen-bond acceptors (Lipinski definition) is 3. The number of likely N-dealkylation sites (tertiary alicyclic amines) is 1. The van der Waals surface area contributed by atoms with Crippen LogP contribution in [-0.4, -0.2) is 40.1 Å². The Morgan fingerprint density at radius 2 is 1.64 bits per heavy atom. The second-order valence-electron chi connectivity index (χ2n) is 8.76. The number of piperidine rings is 1. The fraction of sp³-hybridized carbons (Fsp3) is 0.286. The predicted octanol–water partition coefficient (Wildman–Crippen LogP) is 5.18. The molecule has 0 atom stereocenters. The van der Waals surface area contributed by atoms with Crippen molar-refractivity contribution in [3.05, 3.63) is 95.8 Å². The van der Waals surface area contributed by atoms with Gasteiger partial charge in [-0.15, -0.1) is 0 Å². The van der Waals surface area contributed by atoms with Gasteiger partial charge in [0.05, 0.1) is 11.0 Å². The molecule has 5 rings (SSSR count). The number of fused-ring (bicyclic) bond motifs is 1. The lowest BCUT2D eigenvalue weighted by molar-refractivity contribution is -0.134. The summed E-state index contributed by atoms with van der Waals surface area (Å²) in [5, 5.41) is 0. The molecule has 0 unspecified atom stereocenters. The molecular weight excluding hydrogens is 410 g/mol. The Morgan fingerprint density at radius 1 is 0.939 bits per heavy atom. The highest BCUT2D eigenvalue weighted by molar-refractivity contribution is 5.78. The van der Waals surface area contributed by atoms with Gasteiger partial charge < -0.3 is 14.2 Å². The van der Waals surface area contributed by atoms with Crippen LogP contribution in [0.2, 0.25) is 0 Å². The predicted molar refractivity (Wildman–Crippen MR) is 131 cm³/mol. The molecule has 0 saturated carbocycles. The summed E-state index contributed by atoms with van der Waals surface area (Å²) in [4.78, 5) is 19.6. The molecule has 1 aromatic heterocycles. The van der Waals surface area contributed by atoms with Crippen molar-refractivity contribution >= 4 is 16.9 Å². The molecule has 1 fully saturated rings. The van der Waals surface area contributed by atoms with Gasteiger partial charge in [-0.1, -0.05) is 60.2 Å². The first-order chi connectivity index (χ1) is 16.2. The van der Waals surface area contributed by atoms with Crippen molar-refractivity contribution in [3.63, 3.8) is 0 Å². The second kappa shape index (κ2) is 9.49. The molecule has 4 aromatic rings. The van der Waals surface area contributed by atoms with Gasteiger partial charge in [0.2, 0.25) is 0 Å². The van der Waals surface area contributed by atoms with Crippen molar-refractivity contribution in [1.82, 2.24) is 14.5 Å². The lowest BCUT2D eigenvalue weighted by Gasteiger charge is -2.33. The highest BCUT2D eigenvalue weighted by Crippen LogP contribution is 2.30. The number of hydrogen-bond donors (Lipinski definition) is 0. The fourth-order valence-corrected chi connectivity index (χ4v) is 4.65. The number of benzene rings is 3. The molecule has 168 valence electrons. The van der Waals surface area contributed by atoms with Gasteiger partial charge in [0, 0.05) is 25.6 Å². The molecular formula is C28H29N3O2. The summed E-state index contributed by atoms with van der Waals surface area (Å²) in [7, 11) is 0. The van der Waals surface area contributed by atoms with Gasteiger partial charge in [-0.05, 0) is 49.6 Å². The molecule has 2 heterocycles. The Morgan fingerprint density at radius 3 is 2.39 bits per heavy atom. The highest BCUT2D eigenvalue weighted by Gasteiger charge is 2.27. The summed E-state index contributed by atoms with van der Waals surface area (Å²) in [6.45, 7) is 3.59. The molecule has 5 heteroatoms. The van der Waals surface area contributed by atoms with Crippen molar-refractivity contribution in [1.29, 1.82) is 0 Å². The van der Waals surface area contributed by atoms with Gasteiger partial charge in [0.15, 0.2) is 6.61 Å². The van der Waals surface area contributed by atoms with Gasteiger partial charge in [0.25, 0.3) is 5.91 Å². The Kier molecular flexibility index (Phi) is 6.11. The first kappa shape index (κ1) is 21.3. The number of aryl methyl sites for hydroxylation is 1. The minimum Gasteiger partial charge on any atom is -0.484 e. The third kappa shape index (κ3) is 4.77. The van der Waals surface area contributed by atoms with E-state index in [2.05, 4.69) is 47.0 Å². The van der Waals surface area contributed by atoms with Crippen LogP contribution in [0.1, 0.15) is 35.8 Å². The smallest absolute Gasteiger partial charge is 0.260 e. The Bertz CT molecular complexity index is 1220. The van der Waals surface area contributed by atoms with E-state index in [9.17, 15) is 4.79 Å². The monoisotopic (exact) mass is 439 g/mol. The minimum absolute atomic E-state index is 0.0500. The number of para-hydroxylation sites is 2. The van der Waals surface area contributed by atoms with Crippen LogP contribution in [-0.2, 0) is 11.2 Å². The topological polar surface area (TPSA) is 47.4 Å². The average Bonchev–Trinajstić information content (AvgIpc) is 3.22. The number of imidazole rings is 1. The first-order valence-electron chi connectivity index (χ1n) is 11.6. The zero-order valence-electron chi connectivity index (χ0n) is 19.0. The van der Waals surface area contributed by atoms with Crippen LogP contribution >= 0.6 is 0 Å². The summed E-state index contributed by atoms with van der Waals surface area (Å²) in [6, 6.07) is 27.0. The molecule has 3 aromatic carbocycles. The quantitative estimate of drug-likeness (QED) is 0.416. The van der Waals surface area contributed by atoms with E-state index in [1.54, 1.807) is 0 Å². The molecule has 0 bridgehead atoms. The fourth-order valence-electron chi connectivity index (χ4n) is 4.65. The summed E-state index contributed by atoms with van der Waals surface area (Å²) >= 11 is 0. The summed E-state index contributed by atoms with van der Waals surface area (Å²) in [5.41, 5.74) is 4.65. The third-order valence-electron chi connectivity index (χ3n) is 6.44. The van der Waals surface area contributed by atoms with Gasteiger partial charge in [0.1, 0.15) is 11.6 Å². The zero-order valence-corrected chi connectivity index (χ0v) is 19.0. The van der Waals surface area contributed by atoms with Gasteiger partial charge in [-0.25, -0.2) is 4.98 Å². The van der Waals surface area contributed by atoms with E-state index in [0.29, 0.717) is 6.04 Å². The van der Waals surface area contributed by atoms with Crippen LogP contribution in [0.4, 0.5) is 0 Å². The number of carbonyl (C=O) groups excluding carboxylic acids is 1. The van der Waals surface area contributed by atoms with Crippen molar-refractivity contribution in [2.24, 2.45) is 0 Å². The molecule has 0 aliphatic carbocycles. The lowest BCUT2D eigenvalue weighted by Crippen LogP contribution is -2.41. The molecule has 5 nitrogen and oxygen atoms in total. The number of nitrogens with zero attached hydrogens (tertiary/aromatic N) is 3. The van der Waals surface area contributed by atoms with Gasteiger partial charge in [-0.3, -0.25) is 4.79 Å². The normalized spacial score (nSPS) is 14.5. The van der Waals surface area contributed by atoms with Crippen LogP contribution in [0.3, 0.4) is 0 Å². The Balaban J connectivity index is 1.27. The van der Waals surface area contributed by atoms with Gasteiger partial charge >= 0.3 is 0 Å². The number of ether oxygens (including phenoxy) is 1. The van der Waals surface area contributed by atoms with Gasteiger partial charge in [-0.2, -0.15) is 0 Å². The van der Waals surface area contributed by atoms with Crippen molar-refractivity contribution < 1.29 is 9.53 Å². The van der Waals surface area contributed by atoms with E-state index in [4.69, 9.17) is 9.72 Å². The van der Waals surface area contributed by atoms with Crippen molar-refractivity contribution in [2.45, 2.75) is 32.2 Å². The van der Waals surface area contributed by atoms with Crippen LogP contribution < -0.4 is 4.74 Å². The van der Waals surface area contributed by atoms with Crippen molar-refractivity contribution in [2.75, 3.05) is 19.7 Å². The van der Waals surface area contributed by atoms with Crippen LogP contribution in [0.15, 0.2) is 78.9 Å². The molecule has 0 spiro atoms. The number of carbonyl (C=O) groups is 1. The molecule has 0 radical (unpaired) electrons. The van der Waals surface area contributed by atoms with E-state index >= 15 is 0 Å². The number of amides is 1. The second-order valence-corrected chi connectivity index (χ2v) is 8.76. The number of rotatable bonds is 6. The minimum atomic E-state index is 0.0500. The Labute approximate surface area is 194 Å². The standard InChI is InChI=1S/C28H29N3O2/c1-21-11-13-24(14-12-21)33-20-28(32)30-17-15-23(16-18-30)31-26-10-6-5-9-25(26)29-27(31)19-22-7-3-2-4-8-22/h2-14,23H,15-20H2,1H3. The first-order valence-corrected chi connectivity index (χ1v) is 11.6. The summed E-state index contributed by atoms with van der Waals surface area (Å²) < 4.78 is 8.12. The van der Waals surface area contributed by atoms with Crippen LogP contribution in [0, 0.1) is 6.92 Å².